The molecule has 0 saturated heterocycles. The van der Waals surface area contributed by atoms with Crippen LogP contribution in [0.15, 0.2) is 48.5 Å². The zero-order valence-corrected chi connectivity index (χ0v) is 16.3. The summed E-state index contributed by atoms with van der Waals surface area (Å²) in [5.41, 5.74) is 3.13. The van der Waals surface area contributed by atoms with Gasteiger partial charge in [-0.2, -0.15) is 0 Å². The standard InChI is InChI=1S/C23H28N2O2/c1-4-5-9-19-16(3)21(19)23(27)24-18-13-11-17(12-14-18)22(26)25-20-10-7-6-8-15(20)2/h6-8,10-14,16,19,21H,4-5,9H2,1-3H3,(H,24,27)(H,25,26). The molecule has 0 radical (unpaired) electrons. The molecule has 2 amide bonds. The fourth-order valence-electron chi connectivity index (χ4n) is 3.70. The maximum atomic E-state index is 12.5. The molecule has 0 aromatic heterocycles. The first-order valence-electron chi connectivity index (χ1n) is 9.79. The molecule has 1 fully saturated rings. The zero-order chi connectivity index (χ0) is 19.4. The number of nitrogens with one attached hydrogen (secondary N) is 2. The zero-order valence-electron chi connectivity index (χ0n) is 16.3. The van der Waals surface area contributed by atoms with E-state index in [4.69, 9.17) is 0 Å². The van der Waals surface area contributed by atoms with Crippen LogP contribution in [0.3, 0.4) is 0 Å². The smallest absolute Gasteiger partial charge is 0.255 e. The topological polar surface area (TPSA) is 58.2 Å². The van der Waals surface area contributed by atoms with Crippen LogP contribution in [0.2, 0.25) is 0 Å². The molecule has 1 saturated carbocycles. The molecule has 0 bridgehead atoms. The van der Waals surface area contributed by atoms with Crippen LogP contribution in [-0.4, -0.2) is 11.8 Å². The van der Waals surface area contributed by atoms with E-state index in [2.05, 4.69) is 24.5 Å². The molecule has 4 nitrogen and oxygen atoms in total. The first kappa shape index (κ1) is 19.2. The van der Waals surface area contributed by atoms with E-state index >= 15 is 0 Å². The molecular formula is C23H28N2O2. The molecule has 2 aromatic rings. The third kappa shape index (κ3) is 4.57. The van der Waals surface area contributed by atoms with Gasteiger partial charge in [-0.05, 0) is 61.1 Å². The van der Waals surface area contributed by atoms with Gasteiger partial charge in [-0.3, -0.25) is 9.59 Å². The van der Waals surface area contributed by atoms with E-state index in [1.165, 1.54) is 12.8 Å². The Morgan fingerprint density at radius 1 is 1.00 bits per heavy atom. The van der Waals surface area contributed by atoms with E-state index in [1.54, 1.807) is 24.3 Å². The normalized spacial score (nSPS) is 20.8. The van der Waals surface area contributed by atoms with E-state index in [0.29, 0.717) is 17.4 Å². The Hall–Kier alpha value is -2.62. The molecule has 142 valence electrons. The number of hydrogen-bond acceptors (Lipinski definition) is 2. The second kappa shape index (κ2) is 8.38. The van der Waals surface area contributed by atoms with Crippen molar-refractivity contribution in [3.05, 3.63) is 59.7 Å². The van der Waals surface area contributed by atoms with Crippen molar-refractivity contribution in [1.29, 1.82) is 0 Å². The summed E-state index contributed by atoms with van der Waals surface area (Å²) < 4.78 is 0. The highest BCUT2D eigenvalue weighted by molar-refractivity contribution is 6.05. The molecule has 3 unspecified atom stereocenters. The summed E-state index contributed by atoms with van der Waals surface area (Å²) in [4.78, 5) is 24.9. The number of carbonyl (C=O) groups is 2. The van der Waals surface area contributed by atoms with Crippen molar-refractivity contribution in [3.8, 4) is 0 Å². The number of unbranched alkanes of at least 4 members (excludes halogenated alkanes) is 1. The van der Waals surface area contributed by atoms with Crippen LogP contribution in [0.5, 0.6) is 0 Å². The first-order chi connectivity index (χ1) is 13.0. The molecule has 3 rings (SSSR count). The van der Waals surface area contributed by atoms with E-state index in [0.717, 1.165) is 23.4 Å². The Bertz CT molecular complexity index is 813. The number of carbonyl (C=O) groups excluding carboxylic acids is 2. The molecule has 4 heteroatoms. The van der Waals surface area contributed by atoms with Gasteiger partial charge in [0.1, 0.15) is 0 Å². The number of anilines is 2. The van der Waals surface area contributed by atoms with Crippen LogP contribution in [-0.2, 0) is 4.79 Å². The van der Waals surface area contributed by atoms with Crippen LogP contribution in [0, 0.1) is 24.7 Å². The number of amides is 2. The van der Waals surface area contributed by atoms with Crippen LogP contribution >= 0.6 is 0 Å². The van der Waals surface area contributed by atoms with E-state index < -0.39 is 0 Å². The van der Waals surface area contributed by atoms with Gasteiger partial charge in [-0.1, -0.05) is 44.9 Å². The number of rotatable bonds is 7. The lowest BCUT2D eigenvalue weighted by Crippen LogP contribution is -2.16. The molecule has 2 N–H and O–H groups in total. The average molecular weight is 364 g/mol. The highest BCUT2D eigenvalue weighted by Crippen LogP contribution is 2.49. The van der Waals surface area contributed by atoms with Crippen molar-refractivity contribution in [2.45, 2.75) is 40.0 Å². The lowest BCUT2D eigenvalue weighted by atomic mass is 10.1. The molecule has 1 aliphatic rings. The van der Waals surface area contributed by atoms with E-state index in [-0.39, 0.29) is 17.7 Å². The average Bonchev–Trinajstić information content (AvgIpc) is 3.32. The number of benzene rings is 2. The van der Waals surface area contributed by atoms with Gasteiger partial charge in [0.05, 0.1) is 0 Å². The summed E-state index contributed by atoms with van der Waals surface area (Å²) in [5, 5.41) is 5.91. The van der Waals surface area contributed by atoms with E-state index in [9.17, 15) is 9.59 Å². The predicted octanol–water partition coefficient (Wildman–Crippen LogP) is 5.26. The third-order valence-corrected chi connectivity index (χ3v) is 5.56. The predicted molar refractivity (Wildman–Crippen MR) is 110 cm³/mol. The maximum absolute atomic E-state index is 12.5. The van der Waals surface area contributed by atoms with Crippen molar-refractivity contribution in [2.24, 2.45) is 17.8 Å². The van der Waals surface area contributed by atoms with Crippen LogP contribution in [0.4, 0.5) is 11.4 Å². The highest BCUT2D eigenvalue weighted by atomic mass is 16.2. The highest BCUT2D eigenvalue weighted by Gasteiger charge is 2.50. The molecule has 0 spiro atoms. The minimum absolute atomic E-state index is 0.0979. The largest absolute Gasteiger partial charge is 0.326 e. The SMILES string of the molecule is CCCCC1C(C)C1C(=O)Nc1ccc(C(=O)Nc2ccccc2C)cc1. The van der Waals surface area contributed by atoms with Crippen LogP contribution in [0.1, 0.15) is 49.0 Å². The molecule has 0 aliphatic heterocycles. The molecule has 0 heterocycles. The maximum Gasteiger partial charge on any atom is 0.255 e. The molecule has 1 aliphatic carbocycles. The van der Waals surface area contributed by atoms with Crippen molar-refractivity contribution in [3.63, 3.8) is 0 Å². The fourth-order valence-corrected chi connectivity index (χ4v) is 3.70. The minimum Gasteiger partial charge on any atom is -0.326 e. The van der Waals surface area contributed by atoms with E-state index in [1.807, 2.05) is 31.2 Å². The molecule has 2 aromatic carbocycles. The fraction of sp³-hybridized carbons (Fsp3) is 0.391. The van der Waals surface area contributed by atoms with Gasteiger partial charge in [0.2, 0.25) is 5.91 Å². The van der Waals surface area contributed by atoms with Crippen molar-refractivity contribution in [2.75, 3.05) is 10.6 Å². The van der Waals surface area contributed by atoms with Gasteiger partial charge in [0, 0.05) is 22.9 Å². The van der Waals surface area contributed by atoms with Gasteiger partial charge in [0.25, 0.3) is 5.91 Å². The molecule has 27 heavy (non-hydrogen) atoms. The van der Waals surface area contributed by atoms with Gasteiger partial charge in [-0.15, -0.1) is 0 Å². The van der Waals surface area contributed by atoms with Crippen molar-refractivity contribution < 1.29 is 9.59 Å². The minimum atomic E-state index is -0.155. The summed E-state index contributed by atoms with van der Waals surface area (Å²) in [6.07, 6.45) is 3.49. The van der Waals surface area contributed by atoms with Gasteiger partial charge >= 0.3 is 0 Å². The Balaban J connectivity index is 1.57. The monoisotopic (exact) mass is 364 g/mol. The van der Waals surface area contributed by atoms with Gasteiger partial charge in [-0.25, -0.2) is 0 Å². The number of hydrogen-bond donors (Lipinski definition) is 2. The third-order valence-electron chi connectivity index (χ3n) is 5.56. The summed E-state index contributed by atoms with van der Waals surface area (Å²) >= 11 is 0. The summed E-state index contributed by atoms with van der Waals surface area (Å²) in [6, 6.07) is 14.7. The lowest BCUT2D eigenvalue weighted by Gasteiger charge is -2.09. The number of para-hydroxylation sites is 1. The summed E-state index contributed by atoms with van der Waals surface area (Å²) in [6.45, 7) is 6.30. The summed E-state index contributed by atoms with van der Waals surface area (Å²) in [7, 11) is 0. The number of aryl methyl sites for hydroxylation is 1. The molecular weight excluding hydrogens is 336 g/mol. The van der Waals surface area contributed by atoms with Crippen LogP contribution in [0.25, 0.3) is 0 Å². The van der Waals surface area contributed by atoms with Crippen molar-refractivity contribution >= 4 is 23.2 Å². The Kier molecular flexibility index (Phi) is 5.94. The second-order valence-corrected chi connectivity index (χ2v) is 7.53. The Labute approximate surface area is 161 Å². The van der Waals surface area contributed by atoms with Crippen LogP contribution < -0.4 is 10.6 Å². The first-order valence-corrected chi connectivity index (χ1v) is 9.79. The summed E-state index contributed by atoms with van der Waals surface area (Å²) in [5.74, 6) is 1.05. The molecule has 3 atom stereocenters. The second-order valence-electron chi connectivity index (χ2n) is 7.53. The Morgan fingerprint density at radius 3 is 2.37 bits per heavy atom. The van der Waals surface area contributed by atoms with Gasteiger partial charge in [0.15, 0.2) is 0 Å². The lowest BCUT2D eigenvalue weighted by molar-refractivity contribution is -0.117. The van der Waals surface area contributed by atoms with Gasteiger partial charge < -0.3 is 10.6 Å². The quantitative estimate of drug-likeness (QED) is 0.704. The van der Waals surface area contributed by atoms with Crippen molar-refractivity contribution in [1.82, 2.24) is 0 Å². The Morgan fingerprint density at radius 2 is 1.70 bits per heavy atom.